The molecule has 4 nitrogen and oxygen atoms in total. The number of nitrogens with zero attached hydrogens (tertiary/aromatic N) is 1. The average Bonchev–Trinajstić information content (AvgIpc) is 2.97. The van der Waals surface area contributed by atoms with Gasteiger partial charge in [0.1, 0.15) is 0 Å². The standard InChI is InChI=1S/C15H21NO3/c1-18-14-6-5-12(11-15(14)19-2)13(17)7-10-16-8-3-4-9-16/h5-6,11H,3-4,7-10H2,1-2H3. The van der Waals surface area contributed by atoms with E-state index in [0.717, 1.165) is 19.6 Å². The number of hydrogen-bond donors (Lipinski definition) is 0. The smallest absolute Gasteiger partial charge is 0.164 e. The quantitative estimate of drug-likeness (QED) is 0.739. The van der Waals surface area contributed by atoms with Crippen molar-refractivity contribution in [2.45, 2.75) is 19.3 Å². The second-order valence-electron chi connectivity index (χ2n) is 4.79. The maximum Gasteiger partial charge on any atom is 0.164 e. The fourth-order valence-corrected chi connectivity index (χ4v) is 2.42. The van der Waals surface area contributed by atoms with Crippen molar-refractivity contribution >= 4 is 5.78 Å². The van der Waals surface area contributed by atoms with Crippen LogP contribution in [0, 0.1) is 0 Å². The fourth-order valence-electron chi connectivity index (χ4n) is 2.42. The van der Waals surface area contributed by atoms with Gasteiger partial charge in [0.25, 0.3) is 0 Å². The Kier molecular flexibility index (Phi) is 4.80. The molecule has 0 unspecified atom stereocenters. The molecular weight excluding hydrogens is 242 g/mol. The lowest BCUT2D eigenvalue weighted by atomic mass is 10.1. The van der Waals surface area contributed by atoms with Crippen LogP contribution in [0.25, 0.3) is 0 Å². The molecule has 0 aromatic heterocycles. The number of likely N-dealkylation sites (tertiary alicyclic amines) is 1. The van der Waals surface area contributed by atoms with E-state index in [4.69, 9.17) is 9.47 Å². The molecule has 0 atom stereocenters. The van der Waals surface area contributed by atoms with E-state index in [1.165, 1.54) is 12.8 Å². The van der Waals surface area contributed by atoms with Gasteiger partial charge in [0, 0.05) is 18.5 Å². The van der Waals surface area contributed by atoms with Gasteiger partial charge in [-0.1, -0.05) is 0 Å². The number of ether oxygens (including phenoxy) is 2. The molecule has 0 radical (unpaired) electrons. The summed E-state index contributed by atoms with van der Waals surface area (Å²) in [5.41, 5.74) is 0.692. The number of benzene rings is 1. The first-order valence-electron chi connectivity index (χ1n) is 6.72. The second-order valence-corrected chi connectivity index (χ2v) is 4.79. The SMILES string of the molecule is COc1ccc(C(=O)CCN2CCCC2)cc1OC. The number of ketones is 1. The fraction of sp³-hybridized carbons (Fsp3) is 0.533. The zero-order chi connectivity index (χ0) is 13.7. The summed E-state index contributed by atoms with van der Waals surface area (Å²) in [6.45, 7) is 3.10. The van der Waals surface area contributed by atoms with Crippen LogP contribution in [0.3, 0.4) is 0 Å². The van der Waals surface area contributed by atoms with Crippen molar-refractivity contribution in [1.82, 2.24) is 4.90 Å². The first-order chi connectivity index (χ1) is 9.24. The molecule has 1 aliphatic rings. The summed E-state index contributed by atoms with van der Waals surface area (Å²) in [7, 11) is 3.17. The Bertz CT molecular complexity index is 439. The summed E-state index contributed by atoms with van der Waals surface area (Å²) in [6, 6.07) is 5.33. The van der Waals surface area contributed by atoms with Crippen molar-refractivity contribution in [3.63, 3.8) is 0 Å². The monoisotopic (exact) mass is 263 g/mol. The summed E-state index contributed by atoms with van der Waals surface area (Å²) < 4.78 is 10.4. The van der Waals surface area contributed by atoms with Gasteiger partial charge >= 0.3 is 0 Å². The van der Waals surface area contributed by atoms with Gasteiger partial charge in [-0.05, 0) is 44.1 Å². The highest BCUT2D eigenvalue weighted by Crippen LogP contribution is 2.28. The number of methoxy groups -OCH3 is 2. The van der Waals surface area contributed by atoms with Crippen LogP contribution in [-0.2, 0) is 0 Å². The number of carbonyl (C=O) groups excluding carboxylic acids is 1. The molecule has 0 amide bonds. The largest absolute Gasteiger partial charge is 0.493 e. The lowest BCUT2D eigenvalue weighted by Gasteiger charge is -2.14. The first kappa shape index (κ1) is 13.9. The second kappa shape index (κ2) is 6.57. The van der Waals surface area contributed by atoms with Gasteiger partial charge in [-0.25, -0.2) is 0 Å². The molecular formula is C15H21NO3. The number of Topliss-reactive ketones (excluding diaryl/α,β-unsaturated/α-hetero) is 1. The van der Waals surface area contributed by atoms with Gasteiger partial charge in [-0.15, -0.1) is 0 Å². The zero-order valence-electron chi connectivity index (χ0n) is 11.6. The highest BCUT2D eigenvalue weighted by Gasteiger charge is 2.15. The van der Waals surface area contributed by atoms with Crippen LogP contribution in [-0.4, -0.2) is 44.5 Å². The van der Waals surface area contributed by atoms with Gasteiger partial charge in [-0.3, -0.25) is 4.79 Å². The van der Waals surface area contributed by atoms with Crippen LogP contribution in [0.4, 0.5) is 0 Å². The zero-order valence-corrected chi connectivity index (χ0v) is 11.6. The number of carbonyl (C=O) groups is 1. The van der Waals surface area contributed by atoms with Gasteiger partial charge in [0.05, 0.1) is 14.2 Å². The third kappa shape index (κ3) is 3.47. The van der Waals surface area contributed by atoms with Crippen molar-refractivity contribution in [2.75, 3.05) is 33.9 Å². The third-order valence-electron chi connectivity index (χ3n) is 3.56. The van der Waals surface area contributed by atoms with Gasteiger partial charge < -0.3 is 14.4 Å². The van der Waals surface area contributed by atoms with Crippen molar-refractivity contribution in [1.29, 1.82) is 0 Å². The Labute approximate surface area is 114 Å². The normalized spacial score (nSPS) is 15.5. The highest BCUT2D eigenvalue weighted by molar-refractivity contribution is 5.96. The van der Waals surface area contributed by atoms with Crippen molar-refractivity contribution in [3.8, 4) is 11.5 Å². The molecule has 1 saturated heterocycles. The Morgan fingerprint density at radius 2 is 1.84 bits per heavy atom. The van der Waals surface area contributed by atoms with Crippen LogP contribution in [0.15, 0.2) is 18.2 Å². The highest BCUT2D eigenvalue weighted by atomic mass is 16.5. The summed E-state index contributed by atoms with van der Waals surface area (Å²) in [6.07, 6.45) is 3.07. The lowest BCUT2D eigenvalue weighted by molar-refractivity contribution is 0.0968. The van der Waals surface area contributed by atoms with E-state index < -0.39 is 0 Å². The molecule has 1 aromatic carbocycles. The first-order valence-corrected chi connectivity index (χ1v) is 6.72. The molecule has 0 bridgehead atoms. The van der Waals surface area contributed by atoms with Crippen molar-refractivity contribution in [2.24, 2.45) is 0 Å². The summed E-state index contributed by atoms with van der Waals surface area (Å²) in [5.74, 6) is 1.42. The Balaban J connectivity index is 1.98. The van der Waals surface area contributed by atoms with Gasteiger partial charge in [-0.2, -0.15) is 0 Å². The van der Waals surface area contributed by atoms with Gasteiger partial charge in [0.2, 0.25) is 0 Å². The Hall–Kier alpha value is -1.55. The van der Waals surface area contributed by atoms with E-state index in [9.17, 15) is 4.79 Å². The van der Waals surface area contributed by atoms with E-state index in [-0.39, 0.29) is 5.78 Å². The molecule has 2 rings (SSSR count). The van der Waals surface area contributed by atoms with E-state index in [1.807, 2.05) is 0 Å². The molecule has 1 aliphatic heterocycles. The molecule has 104 valence electrons. The van der Waals surface area contributed by atoms with Crippen LogP contribution in [0.2, 0.25) is 0 Å². The minimum Gasteiger partial charge on any atom is -0.493 e. The van der Waals surface area contributed by atoms with E-state index in [2.05, 4.69) is 4.90 Å². The van der Waals surface area contributed by atoms with E-state index >= 15 is 0 Å². The summed E-state index contributed by atoms with van der Waals surface area (Å²) >= 11 is 0. The molecule has 0 aliphatic carbocycles. The predicted octanol–water partition coefficient (Wildman–Crippen LogP) is 2.37. The minimum absolute atomic E-state index is 0.160. The molecule has 1 heterocycles. The Morgan fingerprint density at radius 3 is 2.47 bits per heavy atom. The van der Waals surface area contributed by atoms with Crippen LogP contribution in [0.1, 0.15) is 29.6 Å². The van der Waals surface area contributed by atoms with Crippen LogP contribution < -0.4 is 9.47 Å². The molecule has 19 heavy (non-hydrogen) atoms. The summed E-state index contributed by atoms with van der Waals surface area (Å²) in [4.78, 5) is 14.5. The molecule has 4 heteroatoms. The minimum atomic E-state index is 0.160. The number of rotatable bonds is 6. The number of hydrogen-bond acceptors (Lipinski definition) is 4. The maximum atomic E-state index is 12.1. The molecule has 1 aromatic rings. The van der Waals surface area contributed by atoms with Gasteiger partial charge in [0.15, 0.2) is 17.3 Å². The Morgan fingerprint density at radius 1 is 1.16 bits per heavy atom. The third-order valence-corrected chi connectivity index (χ3v) is 3.56. The molecule has 1 fully saturated rings. The average molecular weight is 263 g/mol. The topological polar surface area (TPSA) is 38.8 Å². The van der Waals surface area contributed by atoms with Crippen molar-refractivity contribution < 1.29 is 14.3 Å². The lowest BCUT2D eigenvalue weighted by Crippen LogP contribution is -2.22. The molecule has 0 N–H and O–H groups in total. The molecule has 0 spiro atoms. The van der Waals surface area contributed by atoms with E-state index in [1.54, 1.807) is 32.4 Å². The van der Waals surface area contributed by atoms with Crippen LogP contribution in [0.5, 0.6) is 11.5 Å². The van der Waals surface area contributed by atoms with Crippen LogP contribution >= 0.6 is 0 Å². The predicted molar refractivity (Wildman–Crippen MR) is 74.2 cm³/mol. The van der Waals surface area contributed by atoms with Crippen molar-refractivity contribution in [3.05, 3.63) is 23.8 Å². The van der Waals surface area contributed by atoms with E-state index in [0.29, 0.717) is 23.5 Å². The maximum absolute atomic E-state index is 12.1. The summed E-state index contributed by atoms with van der Waals surface area (Å²) in [5, 5.41) is 0. The molecule has 0 saturated carbocycles.